The molecule has 0 spiro atoms. The van der Waals surface area contributed by atoms with Gasteiger partial charge >= 0.3 is 11.7 Å². The molecule has 104 valence electrons. The number of aromatic nitrogens is 2. The number of ether oxygens (including phenoxy) is 1. The van der Waals surface area contributed by atoms with Gasteiger partial charge in [-0.2, -0.15) is 9.97 Å². The second kappa shape index (κ2) is 4.90. The summed E-state index contributed by atoms with van der Waals surface area (Å²) in [6.07, 6.45) is 0.620. The molecule has 0 radical (unpaired) electrons. The summed E-state index contributed by atoms with van der Waals surface area (Å²) in [4.78, 5) is 17.6. The molecule has 1 aliphatic carbocycles. The van der Waals surface area contributed by atoms with Crippen molar-refractivity contribution in [1.82, 2.24) is 9.97 Å². The van der Waals surface area contributed by atoms with Crippen molar-refractivity contribution in [2.45, 2.75) is 31.2 Å². The van der Waals surface area contributed by atoms with Gasteiger partial charge in [0.2, 0.25) is 11.7 Å². The molecule has 2 rings (SSSR count). The van der Waals surface area contributed by atoms with Gasteiger partial charge in [-0.15, -0.1) is 0 Å². The minimum absolute atomic E-state index is 0.0575. The molecule has 1 aromatic rings. The fourth-order valence-electron chi connectivity index (χ4n) is 1.96. The van der Waals surface area contributed by atoms with E-state index >= 15 is 0 Å². The lowest BCUT2D eigenvalue weighted by atomic mass is 10.2. The van der Waals surface area contributed by atoms with Crippen LogP contribution in [0.25, 0.3) is 0 Å². The van der Waals surface area contributed by atoms with E-state index in [1.165, 1.54) is 7.11 Å². The van der Waals surface area contributed by atoms with Gasteiger partial charge in [-0.25, -0.2) is 8.78 Å². The van der Waals surface area contributed by atoms with Gasteiger partial charge in [0.25, 0.3) is 0 Å². The van der Waals surface area contributed by atoms with Crippen LogP contribution in [0.5, 0.6) is 6.01 Å². The van der Waals surface area contributed by atoms with Crippen LogP contribution in [0.1, 0.15) is 19.3 Å². The maximum atomic E-state index is 13.1. The maximum absolute atomic E-state index is 13.1. The van der Waals surface area contributed by atoms with E-state index in [1.54, 1.807) is 0 Å². The molecule has 9 heteroatoms. The molecule has 1 aromatic heterocycles. The Balaban J connectivity index is 2.20. The van der Waals surface area contributed by atoms with Crippen molar-refractivity contribution in [1.29, 1.82) is 0 Å². The van der Waals surface area contributed by atoms with Crippen molar-refractivity contribution in [3.8, 4) is 6.01 Å². The first kappa shape index (κ1) is 13.4. The van der Waals surface area contributed by atoms with Crippen molar-refractivity contribution < 1.29 is 18.4 Å². The monoisotopic (exact) mass is 274 g/mol. The number of methoxy groups -OCH3 is 1. The van der Waals surface area contributed by atoms with Gasteiger partial charge in [0.05, 0.1) is 12.0 Å². The van der Waals surface area contributed by atoms with Gasteiger partial charge < -0.3 is 10.1 Å². The molecule has 1 aliphatic rings. The topological polar surface area (TPSA) is 90.2 Å². The standard InChI is InChI=1S/C10H12F2N4O3/c1-19-9-13-5-7(16(17)18)8(15-9)14-6-2-3-10(11,12)4-6/h5-6H,2-4H2,1H3,(H,13,14,15). The van der Waals surface area contributed by atoms with E-state index in [9.17, 15) is 18.9 Å². The predicted molar refractivity (Wildman–Crippen MR) is 61.4 cm³/mol. The molecular formula is C10H12F2N4O3. The third kappa shape index (κ3) is 3.04. The first-order valence-corrected chi connectivity index (χ1v) is 5.61. The zero-order chi connectivity index (χ0) is 14.0. The Kier molecular flexibility index (Phi) is 3.45. The first-order chi connectivity index (χ1) is 8.91. The molecule has 1 heterocycles. The molecule has 1 unspecified atom stereocenters. The molecule has 0 amide bonds. The number of hydrogen-bond donors (Lipinski definition) is 1. The lowest BCUT2D eigenvalue weighted by molar-refractivity contribution is -0.384. The van der Waals surface area contributed by atoms with Crippen molar-refractivity contribution in [2.75, 3.05) is 12.4 Å². The third-order valence-electron chi connectivity index (χ3n) is 2.87. The van der Waals surface area contributed by atoms with Gasteiger partial charge in [0.1, 0.15) is 6.20 Å². The normalized spacial score (nSPS) is 21.1. The van der Waals surface area contributed by atoms with Crippen LogP contribution in [0.2, 0.25) is 0 Å². The molecular weight excluding hydrogens is 262 g/mol. The largest absolute Gasteiger partial charge is 0.467 e. The summed E-state index contributed by atoms with van der Waals surface area (Å²) in [6.45, 7) is 0. The second-order valence-electron chi connectivity index (χ2n) is 4.29. The van der Waals surface area contributed by atoms with E-state index < -0.39 is 16.9 Å². The highest BCUT2D eigenvalue weighted by Crippen LogP contribution is 2.37. The fraction of sp³-hybridized carbons (Fsp3) is 0.600. The van der Waals surface area contributed by atoms with E-state index in [1.807, 2.05) is 0 Å². The molecule has 0 aliphatic heterocycles. The Labute approximate surface area is 107 Å². The molecule has 7 nitrogen and oxygen atoms in total. The van der Waals surface area contributed by atoms with Crippen LogP contribution >= 0.6 is 0 Å². The molecule has 0 saturated heterocycles. The number of alkyl halides is 2. The zero-order valence-electron chi connectivity index (χ0n) is 10.1. The Morgan fingerprint density at radius 3 is 2.89 bits per heavy atom. The number of anilines is 1. The minimum atomic E-state index is -2.73. The van der Waals surface area contributed by atoms with Gasteiger partial charge in [-0.3, -0.25) is 10.1 Å². The molecule has 1 saturated carbocycles. The Bertz CT molecular complexity index is 498. The molecule has 19 heavy (non-hydrogen) atoms. The van der Waals surface area contributed by atoms with E-state index in [0.29, 0.717) is 0 Å². The number of halogens is 2. The summed E-state index contributed by atoms with van der Waals surface area (Å²) in [5, 5.41) is 13.5. The van der Waals surface area contributed by atoms with Crippen LogP contribution in [0.4, 0.5) is 20.3 Å². The molecule has 1 atom stereocenters. The summed E-state index contributed by atoms with van der Waals surface area (Å²) < 4.78 is 30.9. The second-order valence-corrected chi connectivity index (χ2v) is 4.29. The van der Waals surface area contributed by atoms with Crippen LogP contribution in [0.3, 0.4) is 0 Å². The number of nitro groups is 1. The van der Waals surface area contributed by atoms with E-state index in [-0.39, 0.29) is 36.8 Å². The average molecular weight is 274 g/mol. The Hall–Kier alpha value is -2.06. The summed E-state index contributed by atoms with van der Waals surface area (Å²) in [5.74, 6) is -2.83. The third-order valence-corrected chi connectivity index (χ3v) is 2.87. The van der Waals surface area contributed by atoms with Crippen molar-refractivity contribution in [2.24, 2.45) is 0 Å². The number of hydrogen-bond acceptors (Lipinski definition) is 6. The first-order valence-electron chi connectivity index (χ1n) is 5.61. The van der Waals surface area contributed by atoms with Gasteiger partial charge in [0, 0.05) is 18.9 Å². The SMILES string of the molecule is COc1ncc([N+](=O)[O-])c(NC2CCC(F)(F)C2)n1. The van der Waals surface area contributed by atoms with Crippen molar-refractivity contribution in [3.63, 3.8) is 0 Å². The maximum Gasteiger partial charge on any atom is 0.329 e. The summed E-state index contributed by atoms with van der Waals surface area (Å²) >= 11 is 0. The van der Waals surface area contributed by atoms with Crippen molar-refractivity contribution in [3.05, 3.63) is 16.3 Å². The number of nitrogens with zero attached hydrogens (tertiary/aromatic N) is 3. The molecule has 1 fully saturated rings. The summed E-state index contributed by atoms with van der Waals surface area (Å²) in [7, 11) is 1.31. The minimum Gasteiger partial charge on any atom is -0.467 e. The lowest BCUT2D eigenvalue weighted by Crippen LogP contribution is -2.20. The molecule has 0 bridgehead atoms. The average Bonchev–Trinajstić information content (AvgIpc) is 2.68. The quantitative estimate of drug-likeness (QED) is 0.667. The van der Waals surface area contributed by atoms with Crippen LogP contribution in [0, 0.1) is 10.1 Å². The van der Waals surface area contributed by atoms with Gasteiger partial charge in [0.15, 0.2) is 0 Å². The Morgan fingerprint density at radius 2 is 2.37 bits per heavy atom. The van der Waals surface area contributed by atoms with Crippen LogP contribution in [0.15, 0.2) is 6.20 Å². The van der Waals surface area contributed by atoms with Crippen molar-refractivity contribution >= 4 is 11.5 Å². The van der Waals surface area contributed by atoms with E-state index in [0.717, 1.165) is 6.20 Å². The van der Waals surface area contributed by atoms with Gasteiger partial charge in [-0.1, -0.05) is 0 Å². The fourth-order valence-corrected chi connectivity index (χ4v) is 1.96. The summed E-state index contributed by atoms with van der Waals surface area (Å²) in [6, 6.07) is -0.605. The van der Waals surface area contributed by atoms with Crippen LogP contribution in [-0.4, -0.2) is 34.0 Å². The highest BCUT2D eigenvalue weighted by atomic mass is 19.3. The lowest BCUT2D eigenvalue weighted by Gasteiger charge is -2.13. The number of rotatable bonds is 4. The predicted octanol–water partition coefficient (Wildman–Crippen LogP) is 1.99. The smallest absolute Gasteiger partial charge is 0.329 e. The number of nitrogens with one attached hydrogen (secondary N) is 1. The van der Waals surface area contributed by atoms with Crippen LogP contribution < -0.4 is 10.1 Å². The molecule has 1 N–H and O–H groups in total. The highest BCUT2D eigenvalue weighted by molar-refractivity contribution is 5.55. The van der Waals surface area contributed by atoms with E-state index in [4.69, 9.17) is 4.74 Å². The zero-order valence-corrected chi connectivity index (χ0v) is 10.1. The van der Waals surface area contributed by atoms with Gasteiger partial charge in [-0.05, 0) is 6.42 Å². The highest BCUT2D eigenvalue weighted by Gasteiger charge is 2.40. The van der Waals surface area contributed by atoms with E-state index in [2.05, 4.69) is 15.3 Å². The Morgan fingerprint density at radius 1 is 1.63 bits per heavy atom. The summed E-state index contributed by atoms with van der Waals surface area (Å²) in [5.41, 5.74) is -0.365. The van der Waals surface area contributed by atoms with Crippen LogP contribution in [-0.2, 0) is 0 Å². The molecule has 0 aromatic carbocycles.